The fourth-order valence-corrected chi connectivity index (χ4v) is 1.15. The number of carbonyl (C=O) groups is 2. The van der Waals surface area contributed by atoms with E-state index in [4.69, 9.17) is 9.84 Å². The third-order valence-corrected chi connectivity index (χ3v) is 2.28. The molecule has 0 heterocycles. The highest BCUT2D eigenvalue weighted by atomic mass is 16.7. The van der Waals surface area contributed by atoms with Gasteiger partial charge in [0.2, 0.25) is 0 Å². The van der Waals surface area contributed by atoms with Crippen molar-refractivity contribution in [2.75, 3.05) is 26.9 Å². The number of hydroxylamine groups is 1. The molecule has 2 N–H and O–H groups in total. The maximum atomic E-state index is 11.7. The first-order chi connectivity index (χ1) is 8.02. The summed E-state index contributed by atoms with van der Waals surface area (Å²) in [6, 6.07) is -0.434. The van der Waals surface area contributed by atoms with E-state index >= 15 is 0 Å². The van der Waals surface area contributed by atoms with Crippen molar-refractivity contribution < 1.29 is 24.3 Å². The van der Waals surface area contributed by atoms with Crippen LogP contribution in [0.1, 0.15) is 20.3 Å². The molecule has 0 saturated heterocycles. The lowest BCUT2D eigenvalue weighted by Gasteiger charge is -2.27. The molecule has 7 nitrogen and oxygen atoms in total. The van der Waals surface area contributed by atoms with Gasteiger partial charge in [0.1, 0.15) is 0 Å². The summed E-state index contributed by atoms with van der Waals surface area (Å²) >= 11 is 0. The third kappa shape index (κ3) is 6.75. The van der Waals surface area contributed by atoms with Crippen molar-refractivity contribution in [1.29, 1.82) is 0 Å². The van der Waals surface area contributed by atoms with Crippen molar-refractivity contribution in [3.8, 4) is 0 Å². The molecule has 0 fully saturated rings. The number of ether oxygens (including phenoxy) is 1. The van der Waals surface area contributed by atoms with Gasteiger partial charge in [-0.2, -0.15) is 0 Å². The van der Waals surface area contributed by atoms with E-state index in [0.29, 0.717) is 13.2 Å². The Hall–Kier alpha value is -1.34. The minimum absolute atomic E-state index is 0.0265. The molecule has 0 rings (SSSR count). The molecule has 0 radical (unpaired) electrons. The monoisotopic (exact) mass is 248 g/mol. The summed E-state index contributed by atoms with van der Waals surface area (Å²) in [4.78, 5) is 27.9. The first-order valence-corrected chi connectivity index (χ1v) is 5.42. The van der Waals surface area contributed by atoms with Crippen molar-refractivity contribution in [2.45, 2.75) is 26.3 Å². The van der Waals surface area contributed by atoms with Gasteiger partial charge in [-0.3, -0.25) is 4.84 Å². The van der Waals surface area contributed by atoms with Gasteiger partial charge in [-0.15, -0.1) is 0 Å². The lowest BCUT2D eigenvalue weighted by atomic mass is 10.2. The molecule has 2 amide bonds. The number of urea groups is 1. The molecule has 0 bridgehead atoms. The highest BCUT2D eigenvalue weighted by molar-refractivity contribution is 5.74. The second kappa shape index (κ2) is 8.77. The second-order valence-corrected chi connectivity index (χ2v) is 3.53. The lowest BCUT2D eigenvalue weighted by molar-refractivity contribution is -0.144. The van der Waals surface area contributed by atoms with Gasteiger partial charge < -0.3 is 14.7 Å². The van der Waals surface area contributed by atoms with E-state index in [9.17, 15) is 9.59 Å². The Morgan fingerprint density at radius 1 is 1.47 bits per heavy atom. The zero-order valence-corrected chi connectivity index (χ0v) is 10.4. The van der Waals surface area contributed by atoms with Crippen LogP contribution in [-0.2, 0) is 14.4 Å². The van der Waals surface area contributed by atoms with Gasteiger partial charge >= 0.3 is 12.0 Å². The normalized spacial score (nSPS) is 11.9. The SMILES string of the molecule is CCC(C)N(CCOC)C(=O)NOCC(=O)O. The van der Waals surface area contributed by atoms with Crippen LogP contribution in [0.4, 0.5) is 4.79 Å². The Bertz CT molecular complexity index is 247. The van der Waals surface area contributed by atoms with Crippen LogP contribution in [0.3, 0.4) is 0 Å². The summed E-state index contributed by atoms with van der Waals surface area (Å²) in [5.41, 5.74) is 2.09. The van der Waals surface area contributed by atoms with Crippen molar-refractivity contribution in [2.24, 2.45) is 0 Å². The Morgan fingerprint density at radius 2 is 2.12 bits per heavy atom. The van der Waals surface area contributed by atoms with Crippen LogP contribution in [0.2, 0.25) is 0 Å². The molecule has 0 spiro atoms. The number of aliphatic carboxylic acids is 1. The number of methoxy groups -OCH3 is 1. The number of carboxylic acid groups (broad SMARTS) is 1. The minimum atomic E-state index is -1.14. The maximum Gasteiger partial charge on any atom is 0.341 e. The standard InChI is InChI=1S/C10H20N2O5/c1-4-8(2)12(5-6-16-3)10(15)11-17-7-9(13)14/h8H,4-7H2,1-3H3,(H,11,15)(H,13,14). The highest BCUT2D eigenvalue weighted by Crippen LogP contribution is 2.03. The van der Waals surface area contributed by atoms with E-state index in [1.54, 1.807) is 7.11 Å². The summed E-state index contributed by atoms with van der Waals surface area (Å²) in [6.45, 7) is 4.12. The number of nitrogens with zero attached hydrogens (tertiary/aromatic N) is 1. The van der Waals surface area contributed by atoms with E-state index in [1.807, 2.05) is 13.8 Å². The number of carbonyl (C=O) groups excluding carboxylic acids is 1. The molecule has 100 valence electrons. The molecule has 1 unspecified atom stereocenters. The first kappa shape index (κ1) is 15.7. The maximum absolute atomic E-state index is 11.7. The van der Waals surface area contributed by atoms with Gasteiger partial charge in [0.05, 0.1) is 6.61 Å². The Labute approximate surface area is 101 Å². The number of carboxylic acids is 1. The Morgan fingerprint density at radius 3 is 2.59 bits per heavy atom. The molecular formula is C10H20N2O5. The fraction of sp³-hybridized carbons (Fsp3) is 0.800. The molecule has 0 saturated carbocycles. The summed E-state index contributed by atoms with van der Waals surface area (Å²) in [6.07, 6.45) is 0.788. The average molecular weight is 248 g/mol. The molecule has 0 aliphatic carbocycles. The summed E-state index contributed by atoms with van der Waals surface area (Å²) in [5.74, 6) is -1.14. The smallest absolute Gasteiger partial charge is 0.341 e. The molecule has 7 heteroatoms. The second-order valence-electron chi connectivity index (χ2n) is 3.53. The van der Waals surface area contributed by atoms with Crippen LogP contribution in [-0.4, -0.2) is 54.9 Å². The Balaban J connectivity index is 4.16. The number of hydrogen-bond donors (Lipinski definition) is 2. The van der Waals surface area contributed by atoms with E-state index in [2.05, 4.69) is 10.3 Å². The van der Waals surface area contributed by atoms with E-state index in [0.717, 1.165) is 6.42 Å². The number of amides is 2. The number of rotatable bonds is 8. The van der Waals surface area contributed by atoms with Gasteiger partial charge in [0.15, 0.2) is 6.61 Å². The molecule has 1 atom stereocenters. The summed E-state index contributed by atoms with van der Waals surface area (Å²) in [7, 11) is 1.55. The van der Waals surface area contributed by atoms with Crippen molar-refractivity contribution >= 4 is 12.0 Å². The van der Waals surface area contributed by atoms with Crippen LogP contribution in [0.25, 0.3) is 0 Å². The van der Waals surface area contributed by atoms with E-state index in [1.165, 1.54) is 4.90 Å². The van der Waals surface area contributed by atoms with E-state index in [-0.39, 0.29) is 6.04 Å². The van der Waals surface area contributed by atoms with Crippen molar-refractivity contribution in [3.63, 3.8) is 0 Å². The van der Waals surface area contributed by atoms with Gasteiger partial charge in [-0.05, 0) is 13.3 Å². The zero-order chi connectivity index (χ0) is 13.3. The van der Waals surface area contributed by atoms with Gasteiger partial charge in [-0.25, -0.2) is 15.1 Å². The van der Waals surface area contributed by atoms with Gasteiger partial charge in [0.25, 0.3) is 0 Å². The predicted molar refractivity (Wildman–Crippen MR) is 60.5 cm³/mol. The number of hydrogen-bond acceptors (Lipinski definition) is 4. The third-order valence-electron chi connectivity index (χ3n) is 2.28. The fourth-order valence-electron chi connectivity index (χ4n) is 1.15. The van der Waals surface area contributed by atoms with Crippen LogP contribution >= 0.6 is 0 Å². The van der Waals surface area contributed by atoms with Crippen molar-refractivity contribution in [1.82, 2.24) is 10.4 Å². The molecule has 0 aliphatic rings. The largest absolute Gasteiger partial charge is 0.479 e. The van der Waals surface area contributed by atoms with Gasteiger partial charge in [0, 0.05) is 19.7 Å². The molecule has 0 aliphatic heterocycles. The minimum Gasteiger partial charge on any atom is -0.479 e. The molecule has 0 aromatic rings. The van der Waals surface area contributed by atoms with Crippen LogP contribution in [0, 0.1) is 0 Å². The molecule has 0 aromatic heterocycles. The average Bonchev–Trinajstić information content (AvgIpc) is 2.28. The van der Waals surface area contributed by atoms with Crippen LogP contribution < -0.4 is 5.48 Å². The first-order valence-electron chi connectivity index (χ1n) is 5.42. The highest BCUT2D eigenvalue weighted by Gasteiger charge is 2.18. The predicted octanol–water partition coefficient (Wildman–Crippen LogP) is 0.459. The summed E-state index contributed by atoms with van der Waals surface area (Å²) in [5, 5.41) is 8.35. The van der Waals surface area contributed by atoms with Crippen molar-refractivity contribution in [3.05, 3.63) is 0 Å². The zero-order valence-electron chi connectivity index (χ0n) is 10.4. The number of nitrogens with one attached hydrogen (secondary N) is 1. The summed E-state index contributed by atoms with van der Waals surface area (Å²) < 4.78 is 4.90. The van der Waals surface area contributed by atoms with Crippen LogP contribution in [0.15, 0.2) is 0 Å². The lowest BCUT2D eigenvalue weighted by Crippen LogP contribution is -2.46. The quantitative estimate of drug-likeness (QED) is 0.609. The molecule has 17 heavy (non-hydrogen) atoms. The molecule has 0 aromatic carbocycles. The topological polar surface area (TPSA) is 88.1 Å². The van der Waals surface area contributed by atoms with E-state index < -0.39 is 18.6 Å². The Kier molecular flexibility index (Phi) is 8.08. The van der Waals surface area contributed by atoms with Crippen LogP contribution in [0.5, 0.6) is 0 Å². The van der Waals surface area contributed by atoms with Gasteiger partial charge in [-0.1, -0.05) is 6.92 Å². The molecular weight excluding hydrogens is 228 g/mol.